The van der Waals surface area contributed by atoms with Crippen molar-refractivity contribution in [1.82, 2.24) is 0 Å². The fourth-order valence-corrected chi connectivity index (χ4v) is 2.89. The molecule has 2 aromatic carbocycles. The first-order valence-corrected chi connectivity index (χ1v) is 6.70. The van der Waals surface area contributed by atoms with E-state index < -0.39 is 11.6 Å². The quantitative estimate of drug-likeness (QED) is 0.670. The molecule has 0 aliphatic carbocycles. The molecule has 2 aromatic rings. The van der Waals surface area contributed by atoms with Crippen molar-refractivity contribution >= 4 is 27.5 Å². The highest BCUT2D eigenvalue weighted by Gasteiger charge is 2.15. The number of alkyl halides is 1. The average molecular weight is 332 g/mol. The second-order valence-electron chi connectivity index (χ2n) is 3.91. The molecule has 0 amide bonds. The Bertz CT molecular complexity index is 557. The van der Waals surface area contributed by atoms with Crippen LogP contribution in [-0.2, 0) is 6.42 Å². The molecule has 94 valence electrons. The van der Waals surface area contributed by atoms with Gasteiger partial charge in [0.05, 0.1) is 0 Å². The molecule has 0 fully saturated rings. The van der Waals surface area contributed by atoms with Gasteiger partial charge in [0.2, 0.25) is 0 Å². The maximum atomic E-state index is 13.5. The highest BCUT2D eigenvalue weighted by Crippen LogP contribution is 2.32. The third kappa shape index (κ3) is 2.90. The van der Waals surface area contributed by atoms with Crippen LogP contribution in [0.1, 0.15) is 16.0 Å². The van der Waals surface area contributed by atoms with Gasteiger partial charge >= 0.3 is 0 Å². The zero-order valence-corrected chi connectivity index (χ0v) is 11.7. The van der Waals surface area contributed by atoms with Crippen LogP contribution in [0, 0.1) is 11.6 Å². The zero-order valence-electron chi connectivity index (χ0n) is 9.34. The smallest absolute Gasteiger partial charge is 0.162 e. The number of hydrogen-bond donors (Lipinski definition) is 0. The van der Waals surface area contributed by atoms with E-state index in [1.165, 1.54) is 6.07 Å². The van der Waals surface area contributed by atoms with Crippen molar-refractivity contribution in [2.24, 2.45) is 0 Å². The Morgan fingerprint density at radius 1 is 1.06 bits per heavy atom. The molecule has 0 aromatic heterocycles. The molecule has 0 bridgehead atoms. The second kappa shape index (κ2) is 5.81. The standard InChI is InChI=1S/C14H10BrClF2/c15-11(10-5-1-2-6-12(10)16)8-9-4-3-7-13(17)14(9)18/h1-7,11H,8H2. The lowest BCUT2D eigenvalue weighted by molar-refractivity contribution is 0.498. The van der Waals surface area contributed by atoms with Crippen LogP contribution in [0.2, 0.25) is 5.02 Å². The summed E-state index contributed by atoms with van der Waals surface area (Å²) in [5, 5.41) is 0.608. The fourth-order valence-electron chi connectivity index (χ4n) is 1.74. The average Bonchev–Trinajstić information content (AvgIpc) is 2.35. The minimum atomic E-state index is -0.827. The predicted molar refractivity (Wildman–Crippen MR) is 73.2 cm³/mol. The van der Waals surface area contributed by atoms with E-state index in [1.807, 2.05) is 18.2 Å². The Labute approximate surface area is 118 Å². The highest BCUT2D eigenvalue weighted by atomic mass is 79.9. The second-order valence-corrected chi connectivity index (χ2v) is 5.42. The molecule has 0 N–H and O–H groups in total. The molecule has 0 aliphatic rings. The van der Waals surface area contributed by atoms with E-state index >= 15 is 0 Å². The summed E-state index contributed by atoms with van der Waals surface area (Å²) in [4.78, 5) is -0.150. The summed E-state index contributed by atoms with van der Waals surface area (Å²) in [6.45, 7) is 0. The first kappa shape index (κ1) is 13.5. The van der Waals surface area contributed by atoms with E-state index in [-0.39, 0.29) is 4.83 Å². The minimum Gasteiger partial charge on any atom is -0.204 e. The summed E-state index contributed by atoms with van der Waals surface area (Å²) in [5.74, 6) is -1.62. The molecule has 0 saturated heterocycles. The van der Waals surface area contributed by atoms with Gasteiger partial charge in [0.15, 0.2) is 11.6 Å². The van der Waals surface area contributed by atoms with Crippen molar-refractivity contribution in [2.75, 3.05) is 0 Å². The van der Waals surface area contributed by atoms with Gasteiger partial charge in [-0.3, -0.25) is 0 Å². The third-order valence-corrected chi connectivity index (χ3v) is 3.83. The molecule has 0 saturated carbocycles. The Kier molecular flexibility index (Phi) is 4.36. The zero-order chi connectivity index (χ0) is 13.1. The molecular formula is C14H10BrClF2. The monoisotopic (exact) mass is 330 g/mol. The van der Waals surface area contributed by atoms with Crippen molar-refractivity contribution in [3.05, 3.63) is 70.2 Å². The van der Waals surface area contributed by atoms with Crippen molar-refractivity contribution in [3.63, 3.8) is 0 Å². The Hall–Kier alpha value is -0.930. The molecule has 0 radical (unpaired) electrons. The number of benzene rings is 2. The lowest BCUT2D eigenvalue weighted by Gasteiger charge is -2.12. The molecule has 0 spiro atoms. The Morgan fingerprint density at radius 2 is 1.78 bits per heavy atom. The number of hydrogen-bond acceptors (Lipinski definition) is 0. The van der Waals surface area contributed by atoms with Crippen LogP contribution < -0.4 is 0 Å². The topological polar surface area (TPSA) is 0 Å². The lowest BCUT2D eigenvalue weighted by Crippen LogP contribution is -2.00. The van der Waals surface area contributed by atoms with Crippen molar-refractivity contribution in [2.45, 2.75) is 11.2 Å². The van der Waals surface area contributed by atoms with Gasteiger partial charge in [0.25, 0.3) is 0 Å². The molecule has 0 heterocycles. The molecule has 0 nitrogen and oxygen atoms in total. The number of rotatable bonds is 3. The normalized spacial score (nSPS) is 12.4. The van der Waals surface area contributed by atoms with E-state index in [0.29, 0.717) is 17.0 Å². The maximum absolute atomic E-state index is 13.5. The van der Waals surface area contributed by atoms with Gasteiger partial charge < -0.3 is 0 Å². The van der Waals surface area contributed by atoms with Gasteiger partial charge in [-0.2, -0.15) is 0 Å². The van der Waals surface area contributed by atoms with E-state index in [1.54, 1.807) is 12.1 Å². The van der Waals surface area contributed by atoms with Gasteiger partial charge in [-0.15, -0.1) is 0 Å². The van der Waals surface area contributed by atoms with Crippen LogP contribution in [0.5, 0.6) is 0 Å². The third-order valence-electron chi connectivity index (χ3n) is 2.67. The fraction of sp³-hybridized carbons (Fsp3) is 0.143. The SMILES string of the molecule is Fc1cccc(CC(Br)c2ccccc2Cl)c1F. The maximum Gasteiger partial charge on any atom is 0.162 e. The van der Waals surface area contributed by atoms with Crippen LogP contribution in [0.15, 0.2) is 42.5 Å². The predicted octanol–water partition coefficient (Wildman–Crippen LogP) is 5.30. The Morgan fingerprint density at radius 3 is 2.50 bits per heavy atom. The summed E-state index contributed by atoms with van der Waals surface area (Å²) in [6.07, 6.45) is 0.341. The minimum absolute atomic E-state index is 0.150. The molecule has 18 heavy (non-hydrogen) atoms. The van der Waals surface area contributed by atoms with E-state index in [9.17, 15) is 8.78 Å². The van der Waals surface area contributed by atoms with Gasteiger partial charge in [-0.1, -0.05) is 57.9 Å². The summed E-state index contributed by atoms with van der Waals surface area (Å²) in [6, 6.07) is 11.5. The van der Waals surface area contributed by atoms with E-state index in [2.05, 4.69) is 15.9 Å². The van der Waals surface area contributed by atoms with Crippen LogP contribution in [-0.4, -0.2) is 0 Å². The molecule has 0 aliphatic heterocycles. The summed E-state index contributed by atoms with van der Waals surface area (Å²) in [5.41, 5.74) is 1.19. The van der Waals surface area contributed by atoms with Crippen molar-refractivity contribution < 1.29 is 8.78 Å². The lowest BCUT2D eigenvalue weighted by atomic mass is 10.0. The highest BCUT2D eigenvalue weighted by molar-refractivity contribution is 9.09. The van der Waals surface area contributed by atoms with Crippen LogP contribution in [0.3, 0.4) is 0 Å². The van der Waals surface area contributed by atoms with Gasteiger partial charge in [0.1, 0.15) is 0 Å². The van der Waals surface area contributed by atoms with Crippen LogP contribution in [0.4, 0.5) is 8.78 Å². The molecule has 1 unspecified atom stereocenters. The largest absolute Gasteiger partial charge is 0.204 e. The molecular weight excluding hydrogens is 322 g/mol. The van der Waals surface area contributed by atoms with Crippen molar-refractivity contribution in [1.29, 1.82) is 0 Å². The summed E-state index contributed by atoms with van der Waals surface area (Å²) >= 11 is 9.52. The van der Waals surface area contributed by atoms with Crippen molar-refractivity contribution in [3.8, 4) is 0 Å². The van der Waals surface area contributed by atoms with Crippen LogP contribution in [0.25, 0.3) is 0 Å². The van der Waals surface area contributed by atoms with E-state index in [4.69, 9.17) is 11.6 Å². The van der Waals surface area contributed by atoms with Gasteiger partial charge in [-0.25, -0.2) is 8.78 Å². The first-order chi connectivity index (χ1) is 8.59. The summed E-state index contributed by atoms with van der Waals surface area (Å²) < 4.78 is 26.6. The van der Waals surface area contributed by atoms with Gasteiger partial charge in [-0.05, 0) is 29.7 Å². The molecule has 2 rings (SSSR count). The molecule has 1 atom stereocenters. The number of halogens is 4. The summed E-state index contributed by atoms with van der Waals surface area (Å²) in [7, 11) is 0. The van der Waals surface area contributed by atoms with Crippen LogP contribution >= 0.6 is 27.5 Å². The Balaban J connectivity index is 2.24. The molecule has 4 heteroatoms. The van der Waals surface area contributed by atoms with Gasteiger partial charge in [0, 0.05) is 9.85 Å². The first-order valence-electron chi connectivity index (χ1n) is 5.41. The van der Waals surface area contributed by atoms with E-state index in [0.717, 1.165) is 11.6 Å².